The monoisotopic (exact) mass is 427 g/mol. The van der Waals surface area contributed by atoms with Crippen LogP contribution in [-0.4, -0.2) is 20.7 Å². The molecule has 2 rings (SSSR count). The molecule has 0 radical (unpaired) electrons. The first kappa shape index (κ1) is 23.3. The third-order valence-corrected chi connectivity index (χ3v) is 6.09. The second-order valence-corrected chi connectivity index (χ2v) is 8.99. The Labute approximate surface area is 174 Å². The van der Waals surface area contributed by atoms with Gasteiger partial charge in [0.25, 0.3) is 0 Å². The maximum atomic E-state index is 13.3. The van der Waals surface area contributed by atoms with Gasteiger partial charge in [0.1, 0.15) is 0 Å². The van der Waals surface area contributed by atoms with Crippen molar-refractivity contribution >= 4 is 23.4 Å². The minimum absolute atomic E-state index is 0.0946. The summed E-state index contributed by atoms with van der Waals surface area (Å²) in [5, 5.41) is 2.62. The first-order valence-electron chi connectivity index (χ1n) is 9.59. The molecule has 1 unspecified atom stereocenters. The molecule has 1 N–H and O–H groups in total. The van der Waals surface area contributed by atoms with Crippen LogP contribution in [0.15, 0.2) is 29.4 Å². The Kier molecular flexibility index (Phi) is 7.43. The van der Waals surface area contributed by atoms with Crippen LogP contribution >= 0.6 is 11.8 Å². The molecule has 1 aromatic carbocycles. The highest BCUT2D eigenvalue weighted by Crippen LogP contribution is 2.36. The number of aryl methyl sites for hydroxylation is 1. The standard InChI is InChI=1S/C21H28F3N3OS/c1-12(2)11-27-15(6)14(5)25-20(27)29-18(13(3)4)19(28)26-17-10-8-7-9-16(17)21(22,23)24/h7-10,12-13,18H,11H2,1-6H3,(H,26,28). The minimum Gasteiger partial charge on any atom is -0.325 e. The number of carbonyl (C=O) groups excluding carboxylic acids is 1. The van der Waals surface area contributed by atoms with Gasteiger partial charge in [0.05, 0.1) is 22.2 Å². The Hall–Kier alpha value is -1.96. The first-order chi connectivity index (χ1) is 13.4. The van der Waals surface area contributed by atoms with E-state index in [1.54, 1.807) is 0 Å². The summed E-state index contributed by atoms with van der Waals surface area (Å²) >= 11 is 1.30. The summed E-state index contributed by atoms with van der Waals surface area (Å²) in [5.74, 6) is -0.161. The number of halogens is 3. The molecule has 0 saturated carbocycles. The van der Waals surface area contributed by atoms with Crippen LogP contribution in [-0.2, 0) is 17.5 Å². The summed E-state index contributed by atoms with van der Waals surface area (Å²) in [6.45, 7) is 12.6. The van der Waals surface area contributed by atoms with E-state index in [0.717, 1.165) is 24.0 Å². The minimum atomic E-state index is -4.54. The summed E-state index contributed by atoms with van der Waals surface area (Å²) in [6, 6.07) is 5.03. The molecule has 0 bridgehead atoms. The van der Waals surface area contributed by atoms with Crippen molar-refractivity contribution in [3.05, 3.63) is 41.2 Å². The number of alkyl halides is 3. The molecule has 0 saturated heterocycles. The maximum absolute atomic E-state index is 13.3. The van der Waals surface area contributed by atoms with Gasteiger partial charge in [0.15, 0.2) is 5.16 Å². The van der Waals surface area contributed by atoms with Gasteiger partial charge >= 0.3 is 6.18 Å². The van der Waals surface area contributed by atoms with Crippen LogP contribution in [0.3, 0.4) is 0 Å². The fourth-order valence-corrected chi connectivity index (χ4v) is 4.14. The topological polar surface area (TPSA) is 46.9 Å². The van der Waals surface area contributed by atoms with Crippen LogP contribution in [0, 0.1) is 25.7 Å². The summed E-state index contributed by atoms with van der Waals surface area (Å²) in [7, 11) is 0. The number of hydrogen-bond acceptors (Lipinski definition) is 3. The lowest BCUT2D eigenvalue weighted by atomic mass is 10.1. The van der Waals surface area contributed by atoms with E-state index < -0.39 is 22.9 Å². The Morgan fingerprint density at radius 1 is 1.17 bits per heavy atom. The van der Waals surface area contributed by atoms with E-state index in [1.165, 1.54) is 30.0 Å². The number of benzene rings is 1. The highest BCUT2D eigenvalue weighted by atomic mass is 32.2. The SMILES string of the molecule is Cc1nc(SC(C(=O)Nc2ccccc2C(F)(F)F)C(C)C)n(CC(C)C)c1C. The highest BCUT2D eigenvalue weighted by Gasteiger charge is 2.35. The smallest absolute Gasteiger partial charge is 0.325 e. The summed E-state index contributed by atoms with van der Waals surface area (Å²) in [6.07, 6.45) is -4.54. The highest BCUT2D eigenvalue weighted by molar-refractivity contribution is 8.00. The number of para-hydroxylation sites is 1. The summed E-state index contributed by atoms with van der Waals surface area (Å²) in [5.41, 5.74) is 0.841. The van der Waals surface area contributed by atoms with Gasteiger partial charge in [-0.25, -0.2) is 4.98 Å². The van der Waals surface area contributed by atoms with Crippen molar-refractivity contribution in [2.24, 2.45) is 11.8 Å². The van der Waals surface area contributed by atoms with E-state index >= 15 is 0 Å². The Morgan fingerprint density at radius 2 is 1.79 bits per heavy atom. The van der Waals surface area contributed by atoms with Crippen molar-refractivity contribution < 1.29 is 18.0 Å². The molecule has 2 aromatic rings. The van der Waals surface area contributed by atoms with Crippen molar-refractivity contribution in [1.29, 1.82) is 0 Å². The molecular weight excluding hydrogens is 399 g/mol. The molecule has 0 aliphatic rings. The van der Waals surface area contributed by atoms with Crippen LogP contribution < -0.4 is 5.32 Å². The molecule has 8 heteroatoms. The van der Waals surface area contributed by atoms with Crippen molar-refractivity contribution in [2.45, 2.75) is 64.7 Å². The van der Waals surface area contributed by atoms with E-state index in [9.17, 15) is 18.0 Å². The Balaban J connectivity index is 2.30. The molecule has 1 aromatic heterocycles. The van der Waals surface area contributed by atoms with E-state index in [0.29, 0.717) is 11.1 Å². The number of carbonyl (C=O) groups is 1. The molecule has 160 valence electrons. The van der Waals surface area contributed by atoms with Crippen molar-refractivity contribution in [1.82, 2.24) is 9.55 Å². The van der Waals surface area contributed by atoms with Crippen molar-refractivity contribution in [3.8, 4) is 0 Å². The number of hydrogen-bond donors (Lipinski definition) is 1. The molecule has 0 spiro atoms. The molecule has 0 fully saturated rings. The summed E-state index contributed by atoms with van der Waals surface area (Å²) in [4.78, 5) is 17.5. The number of nitrogens with zero attached hydrogens (tertiary/aromatic N) is 2. The first-order valence-corrected chi connectivity index (χ1v) is 10.5. The van der Waals surface area contributed by atoms with Gasteiger partial charge in [-0.2, -0.15) is 13.2 Å². The number of amides is 1. The number of thioether (sulfide) groups is 1. The average Bonchev–Trinajstić information content (AvgIpc) is 2.86. The van der Waals surface area contributed by atoms with Gasteiger partial charge < -0.3 is 9.88 Å². The lowest BCUT2D eigenvalue weighted by Gasteiger charge is -2.22. The largest absolute Gasteiger partial charge is 0.418 e. The molecule has 1 atom stereocenters. The van der Waals surface area contributed by atoms with Gasteiger partial charge in [-0.1, -0.05) is 51.6 Å². The number of imidazole rings is 1. The zero-order valence-electron chi connectivity index (χ0n) is 17.6. The predicted octanol–water partition coefficient (Wildman–Crippen LogP) is 5.93. The van der Waals surface area contributed by atoms with E-state index in [4.69, 9.17) is 0 Å². The van der Waals surface area contributed by atoms with Gasteiger partial charge in [-0.15, -0.1) is 0 Å². The van der Waals surface area contributed by atoms with Crippen LogP contribution in [0.2, 0.25) is 0 Å². The Morgan fingerprint density at radius 3 is 2.34 bits per heavy atom. The molecule has 1 heterocycles. The van der Waals surface area contributed by atoms with Gasteiger partial charge in [0, 0.05) is 12.2 Å². The van der Waals surface area contributed by atoms with E-state index in [1.807, 2.05) is 27.7 Å². The normalized spacial score (nSPS) is 13.2. The van der Waals surface area contributed by atoms with Gasteiger partial charge in [-0.3, -0.25) is 4.79 Å². The number of nitrogens with one attached hydrogen (secondary N) is 1. The second-order valence-electron chi connectivity index (χ2n) is 7.88. The number of aromatic nitrogens is 2. The van der Waals surface area contributed by atoms with Crippen molar-refractivity contribution in [2.75, 3.05) is 5.32 Å². The molecule has 29 heavy (non-hydrogen) atoms. The van der Waals surface area contributed by atoms with E-state index in [-0.39, 0.29) is 11.6 Å². The number of anilines is 1. The Bertz CT molecular complexity index is 859. The second kappa shape index (κ2) is 9.24. The zero-order valence-corrected chi connectivity index (χ0v) is 18.4. The molecule has 0 aliphatic heterocycles. The lowest BCUT2D eigenvalue weighted by Crippen LogP contribution is -2.31. The molecular formula is C21H28F3N3OS. The van der Waals surface area contributed by atoms with Crippen LogP contribution in [0.4, 0.5) is 18.9 Å². The fourth-order valence-electron chi connectivity index (χ4n) is 2.94. The average molecular weight is 428 g/mol. The molecule has 0 aliphatic carbocycles. The van der Waals surface area contributed by atoms with Crippen molar-refractivity contribution in [3.63, 3.8) is 0 Å². The van der Waals surface area contributed by atoms with Gasteiger partial charge in [0.2, 0.25) is 5.91 Å². The van der Waals surface area contributed by atoms with Crippen LogP contribution in [0.25, 0.3) is 0 Å². The third kappa shape index (κ3) is 5.78. The van der Waals surface area contributed by atoms with E-state index in [2.05, 4.69) is 28.7 Å². The number of rotatable bonds is 7. The van der Waals surface area contributed by atoms with Crippen LogP contribution in [0.1, 0.15) is 44.6 Å². The predicted molar refractivity (Wildman–Crippen MR) is 111 cm³/mol. The fraction of sp³-hybridized carbons (Fsp3) is 0.524. The third-order valence-electron chi connectivity index (χ3n) is 4.56. The molecule has 1 amide bonds. The van der Waals surface area contributed by atoms with Crippen LogP contribution in [0.5, 0.6) is 0 Å². The summed E-state index contributed by atoms with van der Waals surface area (Å²) < 4.78 is 41.9. The maximum Gasteiger partial charge on any atom is 0.418 e. The quantitative estimate of drug-likeness (QED) is 0.557. The zero-order chi connectivity index (χ0) is 21.9. The lowest BCUT2D eigenvalue weighted by molar-refractivity contribution is -0.137. The van der Waals surface area contributed by atoms with Gasteiger partial charge in [-0.05, 0) is 37.8 Å². The molecule has 4 nitrogen and oxygen atoms in total.